The van der Waals surface area contributed by atoms with Crippen molar-refractivity contribution in [3.8, 4) is 0 Å². The van der Waals surface area contributed by atoms with E-state index in [4.69, 9.17) is 15.3 Å². The third kappa shape index (κ3) is 11.2. The molecule has 0 saturated carbocycles. The number of carbonyl (C=O) groups is 3. The zero-order valence-corrected chi connectivity index (χ0v) is 20.3. The topological polar surface area (TPSA) is 241 Å². The maximum Gasteiger partial charge on any atom is 0.335 e. The Balaban J connectivity index is 0.000000518. The van der Waals surface area contributed by atoms with Crippen LogP contribution in [0.5, 0.6) is 0 Å². The van der Waals surface area contributed by atoms with Crippen molar-refractivity contribution in [2.24, 2.45) is 0 Å². The van der Waals surface area contributed by atoms with E-state index in [0.717, 1.165) is 36.4 Å². The second-order valence-corrected chi connectivity index (χ2v) is 6.33. The van der Waals surface area contributed by atoms with Gasteiger partial charge >= 0.3 is 17.9 Å². The molecule has 0 aliphatic carbocycles. The van der Waals surface area contributed by atoms with Gasteiger partial charge in [-0.2, -0.15) is 0 Å². The Morgan fingerprint density at radius 1 is 0.459 bits per heavy atom. The van der Waals surface area contributed by atoms with Gasteiger partial charge < -0.3 is 15.3 Å². The van der Waals surface area contributed by atoms with Crippen LogP contribution in [0.1, 0.15) is 31.1 Å². The number of nitro benzene ring substituents is 3. The van der Waals surface area contributed by atoms with Crippen LogP contribution in [-0.2, 0) is 0 Å². The van der Waals surface area contributed by atoms with Gasteiger partial charge in [-0.25, -0.2) is 14.4 Å². The van der Waals surface area contributed by atoms with E-state index in [0.29, 0.717) is 0 Å². The second-order valence-electron chi connectivity index (χ2n) is 6.33. The summed E-state index contributed by atoms with van der Waals surface area (Å²) in [4.78, 5) is 59.6. The predicted molar refractivity (Wildman–Crippen MR) is 120 cm³/mol. The number of hydrogen-bond acceptors (Lipinski definition) is 9. The summed E-state index contributed by atoms with van der Waals surface area (Å²) in [6.45, 7) is 0. The van der Waals surface area contributed by atoms with Gasteiger partial charge in [0.1, 0.15) is 0 Å². The molecule has 0 aromatic heterocycles. The average Bonchev–Trinajstić information content (AvgIpc) is 2.84. The zero-order valence-electron chi connectivity index (χ0n) is 18.1. The van der Waals surface area contributed by atoms with E-state index in [1.165, 1.54) is 36.4 Å². The van der Waals surface area contributed by atoms with Crippen molar-refractivity contribution in [3.05, 3.63) is 120 Å². The SMILES string of the molecule is O=C(O)c1ccc([N+](=O)[O-])cc1.O=C(O)c1ccc([N+](=O)[O-])cc1.O=C(O)c1ccc([N+](=O)[O-])cc1.[Tb]. The summed E-state index contributed by atoms with van der Waals surface area (Å²) in [6.07, 6.45) is 0. The van der Waals surface area contributed by atoms with Crippen LogP contribution in [0.2, 0.25) is 0 Å². The summed E-state index contributed by atoms with van der Waals surface area (Å²) >= 11 is 0. The molecule has 37 heavy (non-hydrogen) atoms. The van der Waals surface area contributed by atoms with Crippen molar-refractivity contribution >= 4 is 35.0 Å². The van der Waals surface area contributed by atoms with Crippen LogP contribution < -0.4 is 0 Å². The van der Waals surface area contributed by atoms with Crippen molar-refractivity contribution in [1.82, 2.24) is 0 Å². The van der Waals surface area contributed by atoms with Gasteiger partial charge in [-0.1, -0.05) is 0 Å². The second kappa shape index (κ2) is 15.5. The van der Waals surface area contributed by atoms with Crippen LogP contribution >= 0.6 is 0 Å². The molecule has 0 amide bonds. The number of aromatic carboxylic acids is 3. The molecule has 15 nitrogen and oxygen atoms in total. The fraction of sp³-hybridized carbons (Fsp3) is 0. The van der Waals surface area contributed by atoms with Gasteiger partial charge in [0.05, 0.1) is 31.5 Å². The fourth-order valence-electron chi connectivity index (χ4n) is 2.18. The monoisotopic (exact) mass is 660 g/mol. The normalized spacial score (nSPS) is 9.08. The molecule has 0 unspecified atom stereocenters. The molecule has 0 aliphatic heterocycles. The van der Waals surface area contributed by atoms with E-state index < -0.39 is 32.7 Å². The molecule has 3 N–H and O–H groups in total. The first-order valence-corrected chi connectivity index (χ1v) is 9.26. The van der Waals surface area contributed by atoms with Crippen molar-refractivity contribution in [2.75, 3.05) is 0 Å². The van der Waals surface area contributed by atoms with E-state index in [9.17, 15) is 44.7 Å². The molecular formula is C21H15N3O12Tb. The number of hydrogen-bond donors (Lipinski definition) is 3. The largest absolute Gasteiger partial charge is 0.478 e. The van der Waals surface area contributed by atoms with E-state index in [2.05, 4.69) is 0 Å². The minimum absolute atomic E-state index is 0. The van der Waals surface area contributed by atoms with E-state index in [1.54, 1.807) is 0 Å². The summed E-state index contributed by atoms with van der Waals surface area (Å²) in [6, 6.07) is 14.1. The first kappa shape index (κ1) is 32.6. The van der Waals surface area contributed by atoms with Crippen molar-refractivity contribution in [1.29, 1.82) is 0 Å². The summed E-state index contributed by atoms with van der Waals surface area (Å²) in [5.41, 5.74) is -0.207. The van der Waals surface area contributed by atoms with Crippen molar-refractivity contribution < 1.29 is 83.1 Å². The molecule has 0 bridgehead atoms. The van der Waals surface area contributed by atoms with Crippen LogP contribution in [0.4, 0.5) is 17.1 Å². The Hall–Kier alpha value is -4.44. The summed E-state index contributed by atoms with van der Waals surface area (Å²) in [7, 11) is 0. The summed E-state index contributed by atoms with van der Waals surface area (Å²) < 4.78 is 0. The van der Waals surface area contributed by atoms with Gasteiger partial charge in [0, 0.05) is 75.0 Å². The first-order chi connectivity index (χ1) is 16.8. The molecule has 3 rings (SSSR count). The molecule has 1 radical (unpaired) electrons. The van der Waals surface area contributed by atoms with Crippen LogP contribution in [0.15, 0.2) is 72.8 Å². The van der Waals surface area contributed by atoms with Gasteiger partial charge in [-0.15, -0.1) is 0 Å². The Kier molecular flexibility index (Phi) is 13.7. The van der Waals surface area contributed by atoms with Gasteiger partial charge in [0.2, 0.25) is 0 Å². The quantitative estimate of drug-likeness (QED) is 0.252. The van der Waals surface area contributed by atoms with Crippen LogP contribution in [0, 0.1) is 69.0 Å². The first-order valence-electron chi connectivity index (χ1n) is 9.26. The number of nitrogens with zero attached hydrogens (tertiary/aromatic N) is 3. The molecule has 0 fully saturated rings. The fourth-order valence-corrected chi connectivity index (χ4v) is 2.18. The average molecular weight is 660 g/mol. The molecule has 16 heteroatoms. The molecule has 0 saturated heterocycles. The van der Waals surface area contributed by atoms with Crippen LogP contribution in [0.3, 0.4) is 0 Å². The maximum atomic E-state index is 10.3. The molecule has 195 valence electrons. The summed E-state index contributed by atoms with van der Waals surface area (Å²) in [5.74, 6) is -3.28. The van der Waals surface area contributed by atoms with E-state index in [1.807, 2.05) is 0 Å². The summed E-state index contributed by atoms with van der Waals surface area (Å²) in [5, 5.41) is 55.8. The van der Waals surface area contributed by atoms with Gasteiger partial charge in [0.25, 0.3) is 17.1 Å². The van der Waals surface area contributed by atoms with E-state index >= 15 is 0 Å². The molecule has 3 aromatic carbocycles. The number of rotatable bonds is 6. The zero-order chi connectivity index (χ0) is 27.4. The predicted octanol–water partition coefficient (Wildman–Crippen LogP) is 3.88. The molecule has 0 spiro atoms. The molecule has 3 aromatic rings. The van der Waals surface area contributed by atoms with E-state index in [-0.39, 0.29) is 72.4 Å². The smallest absolute Gasteiger partial charge is 0.335 e. The Labute approximate surface area is 236 Å². The molecular weight excluding hydrogens is 645 g/mol. The third-order valence-electron chi connectivity index (χ3n) is 3.98. The number of carboxylic acids is 3. The van der Waals surface area contributed by atoms with Crippen molar-refractivity contribution in [2.45, 2.75) is 0 Å². The number of benzene rings is 3. The third-order valence-corrected chi connectivity index (χ3v) is 3.98. The number of nitro groups is 3. The van der Waals surface area contributed by atoms with Crippen LogP contribution in [0.25, 0.3) is 0 Å². The number of non-ortho nitro benzene ring substituents is 3. The molecule has 0 heterocycles. The molecule has 0 aliphatic rings. The maximum absolute atomic E-state index is 10.3. The number of carboxylic acid groups (broad SMARTS) is 3. The Morgan fingerprint density at radius 2 is 0.622 bits per heavy atom. The minimum atomic E-state index is -1.09. The van der Waals surface area contributed by atoms with Gasteiger partial charge in [0.15, 0.2) is 0 Å². The minimum Gasteiger partial charge on any atom is -0.478 e. The van der Waals surface area contributed by atoms with Gasteiger partial charge in [-0.3, -0.25) is 30.3 Å². The van der Waals surface area contributed by atoms with Crippen LogP contribution in [-0.4, -0.2) is 48.0 Å². The van der Waals surface area contributed by atoms with Gasteiger partial charge in [-0.05, 0) is 36.4 Å². The Morgan fingerprint density at radius 3 is 0.730 bits per heavy atom. The van der Waals surface area contributed by atoms with Crippen molar-refractivity contribution in [3.63, 3.8) is 0 Å². The standard InChI is InChI=1S/3C7H5NO4.Tb/c3*9-7(10)5-1-3-6(4-2-5)8(11)12;/h3*1-4H,(H,9,10);. The Bertz CT molecular complexity index is 1020. The molecule has 0 atom stereocenters.